The van der Waals surface area contributed by atoms with Gasteiger partial charge in [-0.25, -0.2) is 9.59 Å². The number of rotatable bonds is 3. The molecule has 0 atom stereocenters. The van der Waals surface area contributed by atoms with Gasteiger partial charge in [-0.05, 0) is 45.0 Å². The molecular formula is C18H20O6. The summed E-state index contributed by atoms with van der Waals surface area (Å²) in [6.07, 6.45) is 0. The molecule has 0 bridgehead atoms. The van der Waals surface area contributed by atoms with E-state index < -0.39 is 11.9 Å². The molecule has 3 N–H and O–H groups in total. The maximum Gasteiger partial charge on any atom is 0.341 e. The first kappa shape index (κ1) is 19.0. The van der Waals surface area contributed by atoms with E-state index >= 15 is 0 Å². The minimum atomic E-state index is -1.11. The van der Waals surface area contributed by atoms with Crippen molar-refractivity contribution in [3.05, 3.63) is 58.7 Å². The van der Waals surface area contributed by atoms with Crippen molar-refractivity contribution in [1.29, 1.82) is 0 Å². The Hall–Kier alpha value is -3.02. The molecule has 0 aliphatic rings. The van der Waals surface area contributed by atoms with Crippen LogP contribution in [0.15, 0.2) is 36.4 Å². The minimum Gasteiger partial charge on any atom is -0.507 e. The molecule has 0 fully saturated rings. The van der Waals surface area contributed by atoms with E-state index in [0.717, 1.165) is 11.1 Å². The second-order valence-corrected chi connectivity index (χ2v) is 5.07. The zero-order valence-corrected chi connectivity index (χ0v) is 13.7. The molecule has 0 unspecified atom stereocenters. The maximum absolute atomic E-state index is 11.2. The molecule has 128 valence electrons. The van der Waals surface area contributed by atoms with Gasteiger partial charge in [0.05, 0.1) is 6.61 Å². The number of carbonyl (C=O) groups is 2. The number of carboxylic acid groups (broad SMARTS) is 1. The van der Waals surface area contributed by atoms with E-state index in [1.807, 2.05) is 6.92 Å². The molecule has 0 spiro atoms. The second kappa shape index (κ2) is 8.57. The lowest BCUT2D eigenvalue weighted by atomic mass is 10.1. The predicted molar refractivity (Wildman–Crippen MR) is 88.6 cm³/mol. The third kappa shape index (κ3) is 5.31. The van der Waals surface area contributed by atoms with Gasteiger partial charge in [0.2, 0.25) is 0 Å². The van der Waals surface area contributed by atoms with Crippen molar-refractivity contribution in [2.75, 3.05) is 6.61 Å². The van der Waals surface area contributed by atoms with Gasteiger partial charge in [0.1, 0.15) is 22.6 Å². The fourth-order valence-electron chi connectivity index (χ4n) is 1.84. The van der Waals surface area contributed by atoms with Crippen LogP contribution in [0.25, 0.3) is 0 Å². The average molecular weight is 332 g/mol. The molecule has 0 amide bonds. The Labute approximate surface area is 140 Å². The highest BCUT2D eigenvalue weighted by Gasteiger charge is 2.11. The van der Waals surface area contributed by atoms with E-state index in [1.54, 1.807) is 32.0 Å². The molecule has 6 heteroatoms. The Morgan fingerprint density at radius 1 is 0.917 bits per heavy atom. The lowest BCUT2D eigenvalue weighted by Gasteiger charge is -2.04. The molecule has 0 heterocycles. The van der Waals surface area contributed by atoms with Crippen LogP contribution in [0.2, 0.25) is 0 Å². The van der Waals surface area contributed by atoms with Gasteiger partial charge >= 0.3 is 11.9 Å². The summed E-state index contributed by atoms with van der Waals surface area (Å²) in [5.41, 5.74) is 1.91. The topological polar surface area (TPSA) is 104 Å². The Morgan fingerprint density at radius 3 is 1.79 bits per heavy atom. The summed E-state index contributed by atoms with van der Waals surface area (Å²) >= 11 is 0. The summed E-state index contributed by atoms with van der Waals surface area (Å²) in [7, 11) is 0. The monoisotopic (exact) mass is 332 g/mol. The van der Waals surface area contributed by atoms with Gasteiger partial charge in [-0.15, -0.1) is 0 Å². The van der Waals surface area contributed by atoms with E-state index in [-0.39, 0.29) is 22.6 Å². The summed E-state index contributed by atoms with van der Waals surface area (Å²) < 4.78 is 4.76. The van der Waals surface area contributed by atoms with Crippen molar-refractivity contribution >= 4 is 11.9 Å². The molecule has 6 nitrogen and oxygen atoms in total. The number of hydrogen-bond donors (Lipinski definition) is 3. The lowest BCUT2D eigenvalue weighted by molar-refractivity contribution is 0.0522. The Kier molecular flexibility index (Phi) is 6.79. The van der Waals surface area contributed by atoms with Crippen LogP contribution in [0.3, 0.4) is 0 Å². The molecule has 2 aromatic carbocycles. The molecule has 24 heavy (non-hydrogen) atoms. The quantitative estimate of drug-likeness (QED) is 0.745. The normalized spacial score (nSPS) is 9.62. The van der Waals surface area contributed by atoms with Crippen LogP contribution in [-0.2, 0) is 4.74 Å². The Balaban J connectivity index is 0.000000243. The van der Waals surface area contributed by atoms with Gasteiger partial charge in [0.15, 0.2) is 0 Å². The first-order chi connectivity index (χ1) is 11.3. The third-order valence-electron chi connectivity index (χ3n) is 3.03. The fourth-order valence-corrected chi connectivity index (χ4v) is 1.84. The van der Waals surface area contributed by atoms with Crippen LogP contribution in [0.5, 0.6) is 11.5 Å². The van der Waals surface area contributed by atoms with Crippen molar-refractivity contribution in [2.45, 2.75) is 20.8 Å². The number of hydrogen-bond acceptors (Lipinski definition) is 5. The molecule has 0 aliphatic heterocycles. The zero-order chi connectivity index (χ0) is 18.3. The van der Waals surface area contributed by atoms with E-state index in [1.165, 1.54) is 18.2 Å². The van der Waals surface area contributed by atoms with Gasteiger partial charge in [0, 0.05) is 0 Å². The predicted octanol–water partition coefficient (Wildman–Crippen LogP) is 3.28. The zero-order valence-electron chi connectivity index (χ0n) is 13.7. The highest BCUT2D eigenvalue weighted by atomic mass is 16.5. The number of esters is 1. The average Bonchev–Trinajstić information content (AvgIpc) is 2.52. The van der Waals surface area contributed by atoms with Crippen molar-refractivity contribution < 1.29 is 29.6 Å². The van der Waals surface area contributed by atoms with Crippen molar-refractivity contribution in [2.24, 2.45) is 0 Å². The number of carboxylic acids is 1. The Morgan fingerprint density at radius 2 is 1.38 bits per heavy atom. The molecule has 0 saturated heterocycles. The number of ether oxygens (including phenoxy) is 1. The van der Waals surface area contributed by atoms with E-state index in [2.05, 4.69) is 0 Å². The summed E-state index contributed by atoms with van der Waals surface area (Å²) in [6, 6.07) is 9.28. The molecule has 0 aromatic heterocycles. The Bertz CT molecular complexity index is 736. The maximum atomic E-state index is 11.2. The fraction of sp³-hybridized carbons (Fsp3) is 0.222. The first-order valence-electron chi connectivity index (χ1n) is 7.26. The molecule has 0 radical (unpaired) electrons. The number of aryl methyl sites for hydroxylation is 2. The van der Waals surface area contributed by atoms with Crippen LogP contribution in [-0.4, -0.2) is 33.9 Å². The number of aromatic hydroxyl groups is 2. The van der Waals surface area contributed by atoms with E-state index in [0.29, 0.717) is 6.61 Å². The number of phenolic OH excluding ortho intramolecular Hbond substituents is 1. The van der Waals surface area contributed by atoms with Crippen LogP contribution in [0.1, 0.15) is 38.8 Å². The van der Waals surface area contributed by atoms with Gasteiger partial charge in [-0.3, -0.25) is 0 Å². The van der Waals surface area contributed by atoms with Crippen molar-refractivity contribution in [1.82, 2.24) is 0 Å². The smallest absolute Gasteiger partial charge is 0.341 e. The molecular weight excluding hydrogens is 312 g/mol. The van der Waals surface area contributed by atoms with Crippen LogP contribution < -0.4 is 0 Å². The third-order valence-corrected chi connectivity index (χ3v) is 3.03. The summed E-state index contributed by atoms with van der Waals surface area (Å²) in [5.74, 6) is -1.82. The summed E-state index contributed by atoms with van der Waals surface area (Å²) in [5, 5.41) is 26.9. The van der Waals surface area contributed by atoms with Gasteiger partial charge in [-0.2, -0.15) is 0 Å². The van der Waals surface area contributed by atoms with Crippen molar-refractivity contribution in [3.8, 4) is 11.5 Å². The van der Waals surface area contributed by atoms with Gasteiger partial charge in [0.25, 0.3) is 0 Å². The molecule has 2 rings (SSSR count). The second-order valence-electron chi connectivity index (χ2n) is 5.07. The van der Waals surface area contributed by atoms with Crippen LogP contribution >= 0.6 is 0 Å². The van der Waals surface area contributed by atoms with Crippen LogP contribution in [0.4, 0.5) is 0 Å². The number of phenols is 2. The summed E-state index contributed by atoms with van der Waals surface area (Å²) in [4.78, 5) is 21.6. The number of benzene rings is 2. The summed E-state index contributed by atoms with van der Waals surface area (Å²) in [6.45, 7) is 5.66. The van der Waals surface area contributed by atoms with Gasteiger partial charge < -0.3 is 20.1 Å². The highest BCUT2D eigenvalue weighted by molar-refractivity contribution is 5.92. The highest BCUT2D eigenvalue weighted by Crippen LogP contribution is 2.19. The number of carbonyl (C=O) groups excluding carboxylic acids is 1. The van der Waals surface area contributed by atoms with E-state index in [9.17, 15) is 14.7 Å². The largest absolute Gasteiger partial charge is 0.507 e. The van der Waals surface area contributed by atoms with Gasteiger partial charge in [-0.1, -0.05) is 23.3 Å². The molecule has 0 saturated carbocycles. The standard InChI is InChI=1S/C10H12O3.C8H8O3/c1-3-13-10(12)8-6-7(2)4-5-9(8)11;1-5-2-3-7(9)6(4-5)8(10)11/h4-6,11H,3H2,1-2H3;2-4,9H,1H3,(H,10,11). The molecule has 0 aliphatic carbocycles. The minimum absolute atomic E-state index is 0.0379. The van der Waals surface area contributed by atoms with Crippen LogP contribution in [0, 0.1) is 13.8 Å². The first-order valence-corrected chi connectivity index (χ1v) is 7.26. The lowest BCUT2D eigenvalue weighted by Crippen LogP contribution is -2.04. The van der Waals surface area contributed by atoms with E-state index in [4.69, 9.17) is 14.9 Å². The molecule has 2 aromatic rings. The number of aromatic carboxylic acids is 1. The SMILES string of the molecule is CCOC(=O)c1cc(C)ccc1O.Cc1ccc(O)c(C(=O)O)c1. The van der Waals surface area contributed by atoms with Crippen molar-refractivity contribution in [3.63, 3.8) is 0 Å².